The van der Waals surface area contributed by atoms with E-state index >= 15 is 0 Å². The average Bonchev–Trinajstić information content (AvgIpc) is 2.38. The van der Waals surface area contributed by atoms with Crippen LogP contribution in [0.2, 0.25) is 0 Å². The lowest BCUT2D eigenvalue weighted by atomic mass is 10.2. The summed E-state index contributed by atoms with van der Waals surface area (Å²) in [7, 11) is 0. The van der Waals surface area contributed by atoms with Crippen LogP contribution in [0.5, 0.6) is 0 Å². The maximum absolute atomic E-state index is 4.35. The molecule has 2 aromatic carbocycles. The molecule has 0 aliphatic heterocycles. The molecule has 0 fully saturated rings. The SMILES string of the molecule is Cc1ccc(N=C/C=C/c2ccccc2)cc1. The van der Waals surface area contributed by atoms with Crippen molar-refractivity contribution in [3.8, 4) is 0 Å². The molecular weight excluding hydrogens is 206 g/mol. The van der Waals surface area contributed by atoms with Gasteiger partial charge in [0.2, 0.25) is 0 Å². The Kier molecular flexibility index (Phi) is 3.87. The van der Waals surface area contributed by atoms with Gasteiger partial charge in [-0.15, -0.1) is 0 Å². The first-order chi connectivity index (χ1) is 8.34. The second kappa shape index (κ2) is 5.80. The van der Waals surface area contributed by atoms with E-state index in [-0.39, 0.29) is 0 Å². The van der Waals surface area contributed by atoms with Gasteiger partial charge in [0.25, 0.3) is 0 Å². The number of aliphatic imine (C=N–C) groups is 1. The minimum Gasteiger partial charge on any atom is -0.257 e. The summed E-state index contributed by atoms with van der Waals surface area (Å²) in [5.41, 5.74) is 3.42. The number of hydrogen-bond acceptors (Lipinski definition) is 1. The maximum Gasteiger partial charge on any atom is 0.0629 e. The van der Waals surface area contributed by atoms with Crippen LogP contribution in [0.1, 0.15) is 11.1 Å². The highest BCUT2D eigenvalue weighted by atomic mass is 14.7. The monoisotopic (exact) mass is 221 g/mol. The molecule has 0 radical (unpaired) electrons. The fraction of sp³-hybridized carbons (Fsp3) is 0.0625. The second-order valence-corrected chi connectivity index (χ2v) is 3.88. The third-order valence-corrected chi connectivity index (χ3v) is 2.43. The van der Waals surface area contributed by atoms with Crippen LogP contribution in [-0.4, -0.2) is 6.21 Å². The highest BCUT2D eigenvalue weighted by Crippen LogP contribution is 2.11. The van der Waals surface area contributed by atoms with E-state index < -0.39 is 0 Å². The molecule has 2 aromatic rings. The lowest BCUT2D eigenvalue weighted by Crippen LogP contribution is -1.71. The van der Waals surface area contributed by atoms with E-state index in [4.69, 9.17) is 0 Å². The van der Waals surface area contributed by atoms with E-state index in [0.29, 0.717) is 0 Å². The van der Waals surface area contributed by atoms with Crippen LogP contribution < -0.4 is 0 Å². The second-order valence-electron chi connectivity index (χ2n) is 3.88. The number of nitrogens with zero attached hydrogens (tertiary/aromatic N) is 1. The standard InChI is InChI=1S/C16H15N/c1-14-9-11-16(12-10-14)17-13-5-8-15-6-3-2-4-7-15/h2-13H,1H3/b8-5+,17-13?. The van der Waals surface area contributed by atoms with Crippen molar-refractivity contribution in [2.24, 2.45) is 4.99 Å². The summed E-state index contributed by atoms with van der Waals surface area (Å²) in [4.78, 5) is 4.35. The topological polar surface area (TPSA) is 12.4 Å². The van der Waals surface area contributed by atoms with Crippen LogP contribution in [0.4, 0.5) is 5.69 Å². The summed E-state index contributed by atoms with van der Waals surface area (Å²) in [5, 5.41) is 0. The zero-order chi connectivity index (χ0) is 11.9. The highest BCUT2D eigenvalue weighted by Gasteiger charge is 1.85. The Balaban J connectivity index is 1.98. The van der Waals surface area contributed by atoms with Crippen LogP contribution >= 0.6 is 0 Å². The van der Waals surface area contributed by atoms with Gasteiger partial charge in [0.15, 0.2) is 0 Å². The number of hydrogen-bond donors (Lipinski definition) is 0. The van der Waals surface area contributed by atoms with Crippen molar-refractivity contribution in [3.05, 3.63) is 71.8 Å². The summed E-state index contributed by atoms with van der Waals surface area (Å²) in [5.74, 6) is 0. The third kappa shape index (κ3) is 3.72. The molecule has 1 heteroatoms. The van der Waals surface area contributed by atoms with Crippen LogP contribution in [-0.2, 0) is 0 Å². The minimum absolute atomic E-state index is 0.980. The van der Waals surface area contributed by atoms with Crippen LogP contribution in [0.25, 0.3) is 6.08 Å². The predicted molar refractivity (Wildman–Crippen MR) is 74.8 cm³/mol. The highest BCUT2D eigenvalue weighted by molar-refractivity contribution is 5.80. The molecule has 0 aliphatic carbocycles. The zero-order valence-corrected chi connectivity index (χ0v) is 9.88. The number of aryl methyl sites for hydroxylation is 1. The first-order valence-corrected chi connectivity index (χ1v) is 5.67. The number of allylic oxidation sites excluding steroid dienone is 1. The van der Waals surface area contributed by atoms with Gasteiger partial charge in [-0.05, 0) is 30.7 Å². The van der Waals surface area contributed by atoms with E-state index in [1.54, 1.807) is 0 Å². The fourth-order valence-corrected chi connectivity index (χ4v) is 1.48. The van der Waals surface area contributed by atoms with Gasteiger partial charge in [-0.3, -0.25) is 4.99 Å². The molecule has 0 saturated carbocycles. The molecule has 0 bridgehead atoms. The lowest BCUT2D eigenvalue weighted by molar-refractivity contribution is 1.44. The lowest BCUT2D eigenvalue weighted by Gasteiger charge is -1.93. The molecule has 0 N–H and O–H groups in total. The van der Waals surface area contributed by atoms with E-state index in [9.17, 15) is 0 Å². The largest absolute Gasteiger partial charge is 0.257 e. The summed E-state index contributed by atoms with van der Waals surface area (Å²) >= 11 is 0. The van der Waals surface area contributed by atoms with Gasteiger partial charge >= 0.3 is 0 Å². The van der Waals surface area contributed by atoms with Gasteiger partial charge in [0.1, 0.15) is 0 Å². The first kappa shape index (κ1) is 11.3. The first-order valence-electron chi connectivity index (χ1n) is 5.67. The molecule has 0 aliphatic rings. The quantitative estimate of drug-likeness (QED) is 0.681. The Morgan fingerprint density at radius 2 is 1.59 bits per heavy atom. The molecule has 84 valence electrons. The van der Waals surface area contributed by atoms with Gasteiger partial charge in [-0.2, -0.15) is 0 Å². The molecule has 17 heavy (non-hydrogen) atoms. The van der Waals surface area contributed by atoms with Crippen molar-refractivity contribution in [1.29, 1.82) is 0 Å². The van der Waals surface area contributed by atoms with Gasteiger partial charge < -0.3 is 0 Å². The van der Waals surface area contributed by atoms with Crippen molar-refractivity contribution < 1.29 is 0 Å². The van der Waals surface area contributed by atoms with Gasteiger partial charge in [0, 0.05) is 6.21 Å². The Morgan fingerprint density at radius 3 is 2.29 bits per heavy atom. The summed E-state index contributed by atoms with van der Waals surface area (Å²) in [6.07, 6.45) is 5.81. The predicted octanol–water partition coefficient (Wildman–Crippen LogP) is 4.41. The summed E-state index contributed by atoms with van der Waals surface area (Å²) < 4.78 is 0. The minimum atomic E-state index is 0.980. The molecule has 1 nitrogen and oxygen atoms in total. The number of rotatable bonds is 3. The molecule has 0 unspecified atom stereocenters. The Hall–Kier alpha value is -2.15. The van der Waals surface area contributed by atoms with E-state index in [1.165, 1.54) is 11.1 Å². The fourth-order valence-electron chi connectivity index (χ4n) is 1.48. The molecule has 0 aromatic heterocycles. The van der Waals surface area contributed by atoms with E-state index in [2.05, 4.69) is 36.2 Å². The Labute approximate surface area is 102 Å². The van der Waals surface area contributed by atoms with Crippen molar-refractivity contribution >= 4 is 18.0 Å². The van der Waals surface area contributed by atoms with Crippen molar-refractivity contribution in [1.82, 2.24) is 0 Å². The van der Waals surface area contributed by atoms with Gasteiger partial charge in [0.05, 0.1) is 5.69 Å². The summed E-state index contributed by atoms with van der Waals surface area (Å²) in [6.45, 7) is 2.07. The smallest absolute Gasteiger partial charge is 0.0629 e. The van der Waals surface area contributed by atoms with Gasteiger partial charge in [-0.25, -0.2) is 0 Å². The van der Waals surface area contributed by atoms with E-state index in [0.717, 1.165) is 5.69 Å². The molecule has 0 amide bonds. The summed E-state index contributed by atoms with van der Waals surface area (Å²) in [6, 6.07) is 18.4. The Bertz CT molecular complexity index is 507. The van der Waals surface area contributed by atoms with Crippen LogP contribution in [0.15, 0.2) is 65.7 Å². The average molecular weight is 221 g/mol. The van der Waals surface area contributed by atoms with Crippen LogP contribution in [0.3, 0.4) is 0 Å². The van der Waals surface area contributed by atoms with Crippen molar-refractivity contribution in [2.45, 2.75) is 6.92 Å². The maximum atomic E-state index is 4.35. The number of benzene rings is 2. The third-order valence-electron chi connectivity index (χ3n) is 2.43. The molecular formula is C16H15N. The Morgan fingerprint density at radius 1 is 0.882 bits per heavy atom. The molecule has 0 spiro atoms. The van der Waals surface area contributed by atoms with Crippen LogP contribution in [0, 0.1) is 6.92 Å². The van der Waals surface area contributed by atoms with Gasteiger partial charge in [-0.1, -0.05) is 54.1 Å². The van der Waals surface area contributed by atoms with Crippen molar-refractivity contribution in [2.75, 3.05) is 0 Å². The van der Waals surface area contributed by atoms with Crippen molar-refractivity contribution in [3.63, 3.8) is 0 Å². The molecule has 0 heterocycles. The molecule has 0 saturated heterocycles. The van der Waals surface area contributed by atoms with E-state index in [1.807, 2.05) is 48.7 Å². The zero-order valence-electron chi connectivity index (χ0n) is 9.88. The normalized spacial score (nSPS) is 11.4. The molecule has 2 rings (SSSR count). The molecule has 0 atom stereocenters.